The standard InChI is InChI=1S/C21H14F2N2O2/c22-21(23)27-18-8-4-7-16(12-18)20(26)25-10-9-15-11-17(13-24-19(15)25)14-5-2-1-3-6-14/h1-13,21H. The predicted molar refractivity (Wildman–Crippen MR) is 98.0 cm³/mol. The monoisotopic (exact) mass is 364 g/mol. The molecule has 0 radical (unpaired) electrons. The lowest BCUT2D eigenvalue weighted by Crippen LogP contribution is -2.12. The molecule has 0 atom stereocenters. The first kappa shape index (κ1) is 16.9. The lowest BCUT2D eigenvalue weighted by molar-refractivity contribution is -0.0498. The van der Waals surface area contributed by atoms with Crippen molar-refractivity contribution in [2.75, 3.05) is 0 Å². The quantitative estimate of drug-likeness (QED) is 0.512. The topological polar surface area (TPSA) is 44.1 Å². The minimum atomic E-state index is -2.94. The predicted octanol–water partition coefficient (Wildman–Crippen LogP) is 4.99. The molecule has 0 amide bonds. The van der Waals surface area contributed by atoms with Crippen LogP contribution in [-0.4, -0.2) is 22.1 Å². The Balaban J connectivity index is 1.69. The first-order chi connectivity index (χ1) is 13.1. The van der Waals surface area contributed by atoms with Crippen molar-refractivity contribution < 1.29 is 18.3 Å². The van der Waals surface area contributed by atoms with E-state index in [0.717, 1.165) is 16.5 Å². The Morgan fingerprint density at radius 3 is 2.56 bits per heavy atom. The van der Waals surface area contributed by atoms with Crippen LogP contribution in [0.5, 0.6) is 5.75 Å². The normalized spacial score (nSPS) is 11.1. The van der Waals surface area contributed by atoms with Crippen molar-refractivity contribution >= 4 is 16.9 Å². The number of hydrogen-bond donors (Lipinski definition) is 0. The number of nitrogens with zero attached hydrogens (tertiary/aromatic N) is 2. The average Bonchev–Trinajstić information content (AvgIpc) is 3.11. The molecule has 2 aromatic carbocycles. The highest BCUT2D eigenvalue weighted by Gasteiger charge is 2.15. The maximum atomic E-state index is 12.8. The minimum Gasteiger partial charge on any atom is -0.435 e. The highest BCUT2D eigenvalue weighted by atomic mass is 19.3. The third-order valence-corrected chi connectivity index (χ3v) is 4.16. The number of halogens is 2. The lowest BCUT2D eigenvalue weighted by Gasteiger charge is -2.08. The second-order valence-electron chi connectivity index (χ2n) is 5.90. The molecule has 4 rings (SSSR count). The smallest absolute Gasteiger partial charge is 0.387 e. The van der Waals surface area contributed by atoms with Gasteiger partial charge >= 0.3 is 6.61 Å². The molecule has 0 spiro atoms. The zero-order valence-electron chi connectivity index (χ0n) is 14.0. The Morgan fingerprint density at radius 1 is 0.963 bits per heavy atom. The number of ether oxygens (including phenoxy) is 1. The number of hydrogen-bond acceptors (Lipinski definition) is 3. The molecule has 0 saturated heterocycles. The van der Waals surface area contributed by atoms with E-state index in [-0.39, 0.29) is 17.2 Å². The third kappa shape index (κ3) is 3.42. The second kappa shape index (κ2) is 6.99. The van der Waals surface area contributed by atoms with Crippen molar-refractivity contribution in [2.45, 2.75) is 6.61 Å². The largest absolute Gasteiger partial charge is 0.435 e. The summed E-state index contributed by atoms with van der Waals surface area (Å²) in [6.45, 7) is -2.94. The minimum absolute atomic E-state index is 0.0633. The molecule has 0 aliphatic carbocycles. The van der Waals surface area contributed by atoms with E-state index in [1.54, 1.807) is 24.5 Å². The number of rotatable bonds is 4. The van der Waals surface area contributed by atoms with Gasteiger partial charge in [0.15, 0.2) is 0 Å². The highest BCUT2D eigenvalue weighted by molar-refractivity contribution is 6.01. The highest BCUT2D eigenvalue weighted by Crippen LogP contribution is 2.24. The maximum absolute atomic E-state index is 12.8. The van der Waals surface area contributed by atoms with Gasteiger partial charge in [-0.25, -0.2) is 4.98 Å². The summed E-state index contributed by atoms with van der Waals surface area (Å²) in [5, 5.41) is 0.810. The summed E-state index contributed by atoms with van der Waals surface area (Å²) in [4.78, 5) is 17.2. The van der Waals surface area contributed by atoms with E-state index in [1.807, 2.05) is 36.4 Å². The van der Waals surface area contributed by atoms with Gasteiger partial charge in [-0.3, -0.25) is 9.36 Å². The molecule has 2 aromatic heterocycles. The van der Waals surface area contributed by atoms with Crippen molar-refractivity contribution in [3.8, 4) is 16.9 Å². The molecule has 2 heterocycles. The summed E-state index contributed by atoms with van der Waals surface area (Å²) in [5.41, 5.74) is 2.71. The molecule has 0 aliphatic heterocycles. The van der Waals surface area contributed by atoms with Crippen LogP contribution < -0.4 is 4.74 Å². The number of carbonyl (C=O) groups excluding carboxylic acids is 1. The molecule has 6 heteroatoms. The van der Waals surface area contributed by atoms with E-state index in [9.17, 15) is 13.6 Å². The molecule has 0 aliphatic rings. The lowest BCUT2D eigenvalue weighted by atomic mass is 10.1. The van der Waals surface area contributed by atoms with Crippen molar-refractivity contribution in [3.05, 3.63) is 84.7 Å². The van der Waals surface area contributed by atoms with E-state index < -0.39 is 6.61 Å². The second-order valence-corrected chi connectivity index (χ2v) is 5.90. The van der Waals surface area contributed by atoms with Crippen molar-refractivity contribution in [1.29, 1.82) is 0 Å². The molecule has 27 heavy (non-hydrogen) atoms. The Hall–Kier alpha value is -3.54. The van der Waals surface area contributed by atoms with Crippen LogP contribution in [0.4, 0.5) is 8.78 Å². The zero-order chi connectivity index (χ0) is 18.8. The van der Waals surface area contributed by atoms with Gasteiger partial charge in [-0.15, -0.1) is 0 Å². The van der Waals surface area contributed by atoms with Gasteiger partial charge in [0.2, 0.25) is 0 Å². The fourth-order valence-corrected chi connectivity index (χ4v) is 2.92. The first-order valence-electron chi connectivity index (χ1n) is 8.24. The third-order valence-electron chi connectivity index (χ3n) is 4.16. The van der Waals surface area contributed by atoms with Crippen LogP contribution in [0, 0.1) is 0 Å². The van der Waals surface area contributed by atoms with Crippen LogP contribution in [0.15, 0.2) is 79.1 Å². The van der Waals surface area contributed by atoms with Crippen LogP contribution in [0.1, 0.15) is 10.4 Å². The summed E-state index contributed by atoms with van der Waals surface area (Å²) in [6, 6.07) is 19.3. The number of fused-ring (bicyclic) bond motifs is 1. The van der Waals surface area contributed by atoms with E-state index in [0.29, 0.717) is 5.65 Å². The Morgan fingerprint density at radius 2 is 1.78 bits per heavy atom. The number of benzene rings is 2. The molecule has 0 fully saturated rings. The number of pyridine rings is 1. The van der Waals surface area contributed by atoms with E-state index in [2.05, 4.69) is 9.72 Å². The van der Waals surface area contributed by atoms with Crippen molar-refractivity contribution in [2.24, 2.45) is 0 Å². The first-order valence-corrected chi connectivity index (χ1v) is 8.24. The molecule has 0 unspecified atom stereocenters. The van der Waals surface area contributed by atoms with Gasteiger partial charge in [-0.2, -0.15) is 8.78 Å². The molecular formula is C21H14F2N2O2. The van der Waals surface area contributed by atoms with Gasteiger partial charge in [0.05, 0.1) is 0 Å². The SMILES string of the molecule is O=C(c1cccc(OC(F)F)c1)n1ccc2cc(-c3ccccc3)cnc21. The summed E-state index contributed by atoms with van der Waals surface area (Å²) in [7, 11) is 0. The number of aromatic nitrogens is 2. The zero-order valence-corrected chi connectivity index (χ0v) is 14.0. The van der Waals surface area contributed by atoms with E-state index >= 15 is 0 Å². The summed E-state index contributed by atoms with van der Waals surface area (Å²) >= 11 is 0. The fraction of sp³-hybridized carbons (Fsp3) is 0.0476. The van der Waals surface area contributed by atoms with Gasteiger partial charge in [-0.1, -0.05) is 36.4 Å². The van der Waals surface area contributed by atoms with Crippen LogP contribution in [0.3, 0.4) is 0 Å². The summed E-state index contributed by atoms with van der Waals surface area (Å²) in [6.07, 6.45) is 3.33. The molecular weight excluding hydrogens is 350 g/mol. The van der Waals surface area contributed by atoms with Gasteiger partial charge in [0.25, 0.3) is 5.91 Å². The Labute approximate surface area is 153 Å². The molecule has 134 valence electrons. The molecule has 0 bridgehead atoms. The van der Waals surface area contributed by atoms with Crippen molar-refractivity contribution in [1.82, 2.24) is 9.55 Å². The molecule has 4 nitrogen and oxygen atoms in total. The van der Waals surface area contributed by atoms with E-state index in [1.165, 1.54) is 22.8 Å². The van der Waals surface area contributed by atoms with Gasteiger partial charge in [0, 0.05) is 28.9 Å². The Kier molecular flexibility index (Phi) is 4.38. The number of carbonyl (C=O) groups is 1. The molecule has 4 aromatic rings. The summed E-state index contributed by atoms with van der Waals surface area (Å²) < 4.78 is 30.5. The van der Waals surface area contributed by atoms with Crippen LogP contribution in [0.2, 0.25) is 0 Å². The Bertz CT molecular complexity index is 1110. The van der Waals surface area contributed by atoms with Crippen LogP contribution >= 0.6 is 0 Å². The van der Waals surface area contributed by atoms with Crippen LogP contribution in [0.25, 0.3) is 22.2 Å². The molecule has 0 N–H and O–H groups in total. The van der Waals surface area contributed by atoms with Crippen LogP contribution in [-0.2, 0) is 0 Å². The van der Waals surface area contributed by atoms with E-state index in [4.69, 9.17) is 0 Å². The average molecular weight is 364 g/mol. The number of alkyl halides is 2. The van der Waals surface area contributed by atoms with Gasteiger partial charge in [-0.05, 0) is 35.9 Å². The van der Waals surface area contributed by atoms with Gasteiger partial charge < -0.3 is 4.74 Å². The van der Waals surface area contributed by atoms with Gasteiger partial charge in [0.1, 0.15) is 11.4 Å². The maximum Gasteiger partial charge on any atom is 0.387 e. The summed E-state index contributed by atoms with van der Waals surface area (Å²) in [5.74, 6) is -0.434. The molecule has 0 saturated carbocycles. The van der Waals surface area contributed by atoms with Crippen molar-refractivity contribution in [3.63, 3.8) is 0 Å². The fourth-order valence-electron chi connectivity index (χ4n) is 2.92.